The van der Waals surface area contributed by atoms with Crippen LogP contribution in [0.15, 0.2) is 72.8 Å². The second-order valence-electron chi connectivity index (χ2n) is 6.38. The van der Waals surface area contributed by atoms with Crippen molar-refractivity contribution in [1.82, 2.24) is 0 Å². The molecule has 0 aliphatic heterocycles. The number of hydrogen-bond acceptors (Lipinski definition) is 3. The maximum absolute atomic E-state index is 13.0. The second-order valence-corrected chi connectivity index (χ2v) is 6.38. The number of carbonyl (C=O) groups is 2. The highest BCUT2D eigenvalue weighted by Gasteiger charge is 2.09. The Balaban J connectivity index is 1.57. The molecule has 0 aliphatic carbocycles. The van der Waals surface area contributed by atoms with E-state index in [2.05, 4.69) is 10.6 Å². The first-order valence-electron chi connectivity index (χ1n) is 9.22. The zero-order valence-corrected chi connectivity index (χ0v) is 15.9. The van der Waals surface area contributed by atoms with Crippen molar-refractivity contribution < 1.29 is 18.7 Å². The monoisotopic (exact) mass is 392 g/mol. The number of halogens is 1. The van der Waals surface area contributed by atoms with Crippen molar-refractivity contribution in [3.05, 3.63) is 89.7 Å². The molecule has 0 heterocycles. The fourth-order valence-electron chi connectivity index (χ4n) is 2.68. The summed E-state index contributed by atoms with van der Waals surface area (Å²) >= 11 is 0. The first-order chi connectivity index (χ1) is 14.0. The van der Waals surface area contributed by atoms with Gasteiger partial charge in [-0.05, 0) is 66.6 Å². The van der Waals surface area contributed by atoms with E-state index in [-0.39, 0.29) is 24.2 Å². The minimum atomic E-state index is -0.378. The lowest BCUT2D eigenvalue weighted by Crippen LogP contribution is -2.20. The number of nitrogens with one attached hydrogen (secondary N) is 2. The number of benzene rings is 3. The Bertz CT molecular complexity index is 1000. The van der Waals surface area contributed by atoms with Crippen LogP contribution >= 0.6 is 0 Å². The molecule has 0 saturated heterocycles. The summed E-state index contributed by atoms with van der Waals surface area (Å²) in [5.41, 5.74) is 2.45. The SMILES string of the molecule is CCc1cccc(OCC(=O)Nc2cccc(C(=O)Nc3ccc(F)cc3)c2)c1. The van der Waals surface area contributed by atoms with Crippen LogP contribution < -0.4 is 15.4 Å². The van der Waals surface area contributed by atoms with Crippen molar-refractivity contribution in [3.63, 3.8) is 0 Å². The molecule has 0 saturated carbocycles. The number of carbonyl (C=O) groups excluding carboxylic acids is 2. The Labute approximate surface area is 168 Å². The molecule has 0 atom stereocenters. The van der Waals surface area contributed by atoms with Gasteiger partial charge in [0.15, 0.2) is 6.61 Å². The van der Waals surface area contributed by atoms with E-state index in [1.807, 2.05) is 25.1 Å². The van der Waals surface area contributed by atoms with Gasteiger partial charge >= 0.3 is 0 Å². The lowest BCUT2D eigenvalue weighted by Gasteiger charge is -2.10. The highest BCUT2D eigenvalue weighted by molar-refractivity contribution is 6.05. The summed E-state index contributed by atoms with van der Waals surface area (Å²) in [4.78, 5) is 24.5. The summed E-state index contributed by atoms with van der Waals surface area (Å²) in [5, 5.41) is 5.39. The van der Waals surface area contributed by atoms with Gasteiger partial charge in [-0.3, -0.25) is 9.59 Å². The molecule has 0 radical (unpaired) electrons. The number of hydrogen-bond donors (Lipinski definition) is 2. The van der Waals surface area contributed by atoms with Gasteiger partial charge in [-0.1, -0.05) is 25.1 Å². The molecule has 0 spiro atoms. The van der Waals surface area contributed by atoms with Gasteiger partial charge in [0.25, 0.3) is 11.8 Å². The van der Waals surface area contributed by atoms with Crippen LogP contribution in [-0.2, 0) is 11.2 Å². The summed E-state index contributed by atoms with van der Waals surface area (Å²) in [6, 6.07) is 19.6. The highest BCUT2D eigenvalue weighted by atomic mass is 19.1. The van der Waals surface area contributed by atoms with Crippen molar-refractivity contribution >= 4 is 23.2 Å². The Hall–Kier alpha value is -3.67. The minimum absolute atomic E-state index is 0.140. The van der Waals surface area contributed by atoms with Gasteiger partial charge in [0.1, 0.15) is 11.6 Å². The van der Waals surface area contributed by atoms with E-state index in [9.17, 15) is 14.0 Å². The zero-order chi connectivity index (χ0) is 20.6. The standard InChI is InChI=1S/C23H21FN2O3/c1-2-16-5-3-8-21(13-16)29-15-22(27)25-20-7-4-6-17(14-20)23(28)26-19-11-9-18(24)10-12-19/h3-14H,2,15H2,1H3,(H,25,27)(H,26,28). The quantitative estimate of drug-likeness (QED) is 0.615. The fraction of sp³-hybridized carbons (Fsp3) is 0.130. The number of anilines is 2. The molecular weight excluding hydrogens is 371 g/mol. The van der Waals surface area contributed by atoms with Crippen molar-refractivity contribution in [2.24, 2.45) is 0 Å². The van der Waals surface area contributed by atoms with Gasteiger partial charge in [-0.15, -0.1) is 0 Å². The van der Waals surface area contributed by atoms with Crippen LogP contribution in [0.1, 0.15) is 22.8 Å². The van der Waals surface area contributed by atoms with Crippen LogP contribution in [0, 0.1) is 5.82 Å². The average molecular weight is 392 g/mol. The normalized spacial score (nSPS) is 10.3. The molecule has 0 bridgehead atoms. The summed E-state index contributed by atoms with van der Waals surface area (Å²) in [6.07, 6.45) is 0.885. The van der Waals surface area contributed by atoms with E-state index < -0.39 is 0 Å². The van der Waals surface area contributed by atoms with E-state index in [4.69, 9.17) is 4.74 Å². The predicted molar refractivity (Wildman–Crippen MR) is 111 cm³/mol. The fourth-order valence-corrected chi connectivity index (χ4v) is 2.68. The van der Waals surface area contributed by atoms with Gasteiger partial charge in [0.2, 0.25) is 0 Å². The van der Waals surface area contributed by atoms with E-state index in [0.717, 1.165) is 12.0 Å². The topological polar surface area (TPSA) is 67.4 Å². The Morgan fingerprint density at radius 3 is 2.41 bits per heavy atom. The summed E-state index contributed by atoms with van der Waals surface area (Å²) in [5.74, 6) is -0.438. The summed E-state index contributed by atoms with van der Waals surface area (Å²) in [6.45, 7) is 1.91. The number of amides is 2. The third-order valence-electron chi connectivity index (χ3n) is 4.19. The van der Waals surface area contributed by atoms with Gasteiger partial charge in [-0.2, -0.15) is 0 Å². The zero-order valence-electron chi connectivity index (χ0n) is 15.9. The van der Waals surface area contributed by atoms with Crippen LogP contribution in [0.4, 0.5) is 15.8 Å². The summed E-state index contributed by atoms with van der Waals surface area (Å²) in [7, 11) is 0. The molecule has 2 N–H and O–H groups in total. The largest absolute Gasteiger partial charge is 0.484 e. The molecule has 3 rings (SSSR count). The second kappa shape index (κ2) is 9.50. The lowest BCUT2D eigenvalue weighted by atomic mass is 10.1. The van der Waals surface area contributed by atoms with Crippen molar-refractivity contribution in [1.29, 1.82) is 0 Å². The van der Waals surface area contributed by atoms with Crippen LogP contribution in [-0.4, -0.2) is 18.4 Å². The summed E-state index contributed by atoms with van der Waals surface area (Å²) < 4.78 is 18.5. The molecule has 29 heavy (non-hydrogen) atoms. The number of aryl methyl sites for hydroxylation is 1. The molecule has 0 aliphatic rings. The van der Waals surface area contributed by atoms with Crippen LogP contribution in [0.2, 0.25) is 0 Å². The van der Waals surface area contributed by atoms with Gasteiger partial charge in [0, 0.05) is 16.9 Å². The molecule has 0 aromatic heterocycles. The third kappa shape index (κ3) is 5.90. The maximum Gasteiger partial charge on any atom is 0.262 e. The number of ether oxygens (including phenoxy) is 1. The Kier molecular flexibility index (Phi) is 6.58. The molecule has 2 amide bonds. The van der Waals surface area contributed by atoms with Gasteiger partial charge in [-0.25, -0.2) is 4.39 Å². The first kappa shape index (κ1) is 20.1. The van der Waals surface area contributed by atoms with Crippen molar-refractivity contribution in [2.75, 3.05) is 17.2 Å². The lowest BCUT2D eigenvalue weighted by molar-refractivity contribution is -0.118. The smallest absolute Gasteiger partial charge is 0.262 e. The molecule has 0 fully saturated rings. The van der Waals surface area contributed by atoms with Crippen molar-refractivity contribution in [2.45, 2.75) is 13.3 Å². The molecule has 3 aromatic rings. The van der Waals surface area contributed by atoms with Gasteiger partial charge < -0.3 is 15.4 Å². The molecule has 148 valence electrons. The maximum atomic E-state index is 13.0. The third-order valence-corrected chi connectivity index (χ3v) is 4.19. The van der Waals surface area contributed by atoms with E-state index >= 15 is 0 Å². The van der Waals surface area contributed by atoms with E-state index in [0.29, 0.717) is 22.7 Å². The molecule has 5 nitrogen and oxygen atoms in total. The highest BCUT2D eigenvalue weighted by Crippen LogP contribution is 2.16. The van der Waals surface area contributed by atoms with Crippen LogP contribution in [0.25, 0.3) is 0 Å². The van der Waals surface area contributed by atoms with Crippen LogP contribution in [0.3, 0.4) is 0 Å². The Morgan fingerprint density at radius 1 is 0.897 bits per heavy atom. The number of rotatable bonds is 7. The first-order valence-corrected chi connectivity index (χ1v) is 9.22. The predicted octanol–water partition coefficient (Wildman–Crippen LogP) is 4.66. The Morgan fingerprint density at radius 2 is 1.66 bits per heavy atom. The molecule has 3 aromatic carbocycles. The van der Waals surface area contributed by atoms with E-state index in [1.54, 1.807) is 30.3 Å². The van der Waals surface area contributed by atoms with Crippen LogP contribution in [0.5, 0.6) is 5.75 Å². The molecule has 0 unspecified atom stereocenters. The van der Waals surface area contributed by atoms with Gasteiger partial charge in [0.05, 0.1) is 0 Å². The average Bonchev–Trinajstić information content (AvgIpc) is 2.74. The van der Waals surface area contributed by atoms with E-state index in [1.165, 1.54) is 24.3 Å². The molecular formula is C23H21FN2O3. The molecule has 6 heteroatoms. The minimum Gasteiger partial charge on any atom is -0.484 e. The van der Waals surface area contributed by atoms with Crippen molar-refractivity contribution in [3.8, 4) is 5.75 Å².